The number of guanidine groups is 1. The SMILES string of the molecule is CN=C(NCCc1cccc(F)c1)NCc1cc(OC)ccc1OC(F)F. The van der Waals surface area contributed by atoms with E-state index in [1.807, 2.05) is 6.07 Å². The van der Waals surface area contributed by atoms with Crippen molar-refractivity contribution in [2.45, 2.75) is 19.6 Å². The molecule has 2 N–H and O–H groups in total. The molecule has 0 saturated carbocycles. The summed E-state index contributed by atoms with van der Waals surface area (Å²) in [7, 11) is 3.09. The maximum absolute atomic E-state index is 13.2. The highest BCUT2D eigenvalue weighted by molar-refractivity contribution is 5.79. The van der Waals surface area contributed by atoms with Crippen LogP contribution in [0.4, 0.5) is 13.2 Å². The second-order valence-corrected chi connectivity index (χ2v) is 5.58. The van der Waals surface area contributed by atoms with Crippen LogP contribution in [0.15, 0.2) is 47.5 Å². The molecule has 0 bridgehead atoms. The fourth-order valence-corrected chi connectivity index (χ4v) is 2.45. The first-order valence-electron chi connectivity index (χ1n) is 8.32. The topological polar surface area (TPSA) is 54.9 Å². The van der Waals surface area contributed by atoms with Gasteiger partial charge in [-0.3, -0.25) is 4.99 Å². The Labute approximate surface area is 156 Å². The van der Waals surface area contributed by atoms with Crippen LogP contribution in [0.3, 0.4) is 0 Å². The lowest BCUT2D eigenvalue weighted by Crippen LogP contribution is -2.38. The van der Waals surface area contributed by atoms with Gasteiger partial charge in [0.1, 0.15) is 17.3 Å². The Hall–Kier alpha value is -2.90. The van der Waals surface area contributed by atoms with E-state index in [2.05, 4.69) is 20.4 Å². The predicted molar refractivity (Wildman–Crippen MR) is 97.9 cm³/mol. The number of rotatable bonds is 8. The Balaban J connectivity index is 1.93. The molecule has 0 radical (unpaired) electrons. The zero-order valence-electron chi connectivity index (χ0n) is 15.1. The van der Waals surface area contributed by atoms with E-state index in [1.165, 1.54) is 25.3 Å². The molecule has 2 aromatic carbocycles. The van der Waals surface area contributed by atoms with Gasteiger partial charge in [0.25, 0.3) is 0 Å². The van der Waals surface area contributed by atoms with Crippen molar-refractivity contribution in [3.05, 3.63) is 59.4 Å². The molecule has 146 valence electrons. The number of nitrogens with one attached hydrogen (secondary N) is 2. The first-order valence-corrected chi connectivity index (χ1v) is 8.32. The van der Waals surface area contributed by atoms with E-state index in [-0.39, 0.29) is 18.1 Å². The molecule has 27 heavy (non-hydrogen) atoms. The minimum Gasteiger partial charge on any atom is -0.497 e. The first kappa shape index (κ1) is 20.4. The lowest BCUT2D eigenvalue weighted by Gasteiger charge is -2.15. The summed E-state index contributed by atoms with van der Waals surface area (Å²) in [6.07, 6.45) is 0.608. The van der Waals surface area contributed by atoms with Crippen molar-refractivity contribution >= 4 is 5.96 Å². The normalized spacial score (nSPS) is 11.4. The van der Waals surface area contributed by atoms with Gasteiger partial charge in [0.05, 0.1) is 7.11 Å². The first-order chi connectivity index (χ1) is 13.0. The Bertz CT molecular complexity index is 770. The molecule has 5 nitrogen and oxygen atoms in total. The van der Waals surface area contributed by atoms with Gasteiger partial charge >= 0.3 is 6.61 Å². The maximum Gasteiger partial charge on any atom is 0.387 e. The minimum absolute atomic E-state index is 0.0634. The number of benzene rings is 2. The van der Waals surface area contributed by atoms with E-state index in [1.54, 1.807) is 25.2 Å². The van der Waals surface area contributed by atoms with Crippen LogP contribution in [-0.2, 0) is 13.0 Å². The molecule has 0 aliphatic heterocycles. The Morgan fingerprint density at radius 3 is 2.63 bits per heavy atom. The van der Waals surface area contributed by atoms with Crippen molar-refractivity contribution in [3.63, 3.8) is 0 Å². The van der Waals surface area contributed by atoms with Gasteiger partial charge in [0, 0.05) is 25.7 Å². The Morgan fingerprint density at radius 2 is 1.96 bits per heavy atom. The number of nitrogens with zero attached hydrogens (tertiary/aromatic N) is 1. The van der Waals surface area contributed by atoms with Crippen molar-refractivity contribution in [1.82, 2.24) is 10.6 Å². The molecular formula is C19H22F3N3O2. The summed E-state index contributed by atoms with van der Waals surface area (Å²) in [5.41, 5.74) is 1.36. The highest BCUT2D eigenvalue weighted by Gasteiger charge is 2.11. The van der Waals surface area contributed by atoms with E-state index < -0.39 is 6.61 Å². The van der Waals surface area contributed by atoms with Crippen LogP contribution in [0.2, 0.25) is 0 Å². The molecule has 0 fully saturated rings. The van der Waals surface area contributed by atoms with Gasteiger partial charge < -0.3 is 20.1 Å². The van der Waals surface area contributed by atoms with Crippen LogP contribution >= 0.6 is 0 Å². The summed E-state index contributed by atoms with van der Waals surface area (Å²) in [4.78, 5) is 4.09. The average molecular weight is 381 g/mol. The van der Waals surface area contributed by atoms with Crippen molar-refractivity contribution in [2.75, 3.05) is 20.7 Å². The molecule has 0 spiro atoms. The van der Waals surface area contributed by atoms with Crippen LogP contribution in [0.25, 0.3) is 0 Å². The number of halogens is 3. The highest BCUT2D eigenvalue weighted by atomic mass is 19.3. The van der Waals surface area contributed by atoms with Crippen LogP contribution in [0.5, 0.6) is 11.5 Å². The Kier molecular flexibility index (Phi) is 7.79. The molecule has 0 aliphatic rings. The number of alkyl halides is 2. The number of hydrogen-bond acceptors (Lipinski definition) is 3. The number of aliphatic imine (C=N–C) groups is 1. The van der Waals surface area contributed by atoms with Crippen molar-refractivity contribution in [3.8, 4) is 11.5 Å². The quantitative estimate of drug-likeness (QED) is 0.544. The zero-order chi connectivity index (χ0) is 19.6. The van der Waals surface area contributed by atoms with Crippen LogP contribution in [0, 0.1) is 5.82 Å². The summed E-state index contributed by atoms with van der Waals surface area (Å²) >= 11 is 0. The molecule has 0 saturated heterocycles. The van der Waals surface area contributed by atoms with Gasteiger partial charge in [-0.25, -0.2) is 4.39 Å². The number of ether oxygens (including phenoxy) is 2. The Morgan fingerprint density at radius 1 is 1.15 bits per heavy atom. The second-order valence-electron chi connectivity index (χ2n) is 5.58. The average Bonchev–Trinajstić information content (AvgIpc) is 2.65. The van der Waals surface area contributed by atoms with Crippen molar-refractivity contribution < 1.29 is 22.6 Å². The standard InChI is InChI=1S/C19H22F3N3O2/c1-23-19(24-9-8-13-4-3-5-15(20)10-13)25-12-14-11-16(26-2)6-7-17(14)27-18(21)22/h3-7,10-11,18H,8-9,12H2,1-2H3,(H2,23,24,25). The van der Waals surface area contributed by atoms with Gasteiger partial charge in [0.2, 0.25) is 0 Å². The second kappa shape index (κ2) is 10.3. The monoisotopic (exact) mass is 381 g/mol. The van der Waals surface area contributed by atoms with Gasteiger partial charge in [0.15, 0.2) is 5.96 Å². The van der Waals surface area contributed by atoms with Gasteiger partial charge in [-0.15, -0.1) is 0 Å². The third kappa shape index (κ3) is 6.73. The van der Waals surface area contributed by atoms with Crippen molar-refractivity contribution in [1.29, 1.82) is 0 Å². The molecule has 0 aliphatic carbocycles. The molecule has 8 heteroatoms. The zero-order valence-corrected chi connectivity index (χ0v) is 15.1. The van der Waals surface area contributed by atoms with Crippen LogP contribution < -0.4 is 20.1 Å². The van der Waals surface area contributed by atoms with Gasteiger partial charge in [-0.2, -0.15) is 8.78 Å². The van der Waals surface area contributed by atoms with Crippen LogP contribution in [-0.4, -0.2) is 33.3 Å². The number of methoxy groups -OCH3 is 1. The van der Waals surface area contributed by atoms with Crippen molar-refractivity contribution in [2.24, 2.45) is 4.99 Å². The molecular weight excluding hydrogens is 359 g/mol. The lowest BCUT2D eigenvalue weighted by atomic mass is 10.1. The fraction of sp³-hybridized carbons (Fsp3) is 0.316. The van der Waals surface area contributed by atoms with E-state index in [9.17, 15) is 13.2 Å². The molecule has 0 amide bonds. The maximum atomic E-state index is 13.2. The number of hydrogen-bond donors (Lipinski definition) is 2. The minimum atomic E-state index is -2.92. The van der Waals surface area contributed by atoms with E-state index in [0.29, 0.717) is 30.2 Å². The summed E-state index contributed by atoms with van der Waals surface area (Å²) in [5.74, 6) is 0.799. The van der Waals surface area contributed by atoms with Crippen LogP contribution in [0.1, 0.15) is 11.1 Å². The summed E-state index contributed by atoms with van der Waals surface area (Å²) in [6, 6.07) is 11.0. The fourth-order valence-electron chi connectivity index (χ4n) is 2.45. The van der Waals surface area contributed by atoms with E-state index in [4.69, 9.17) is 4.74 Å². The van der Waals surface area contributed by atoms with E-state index in [0.717, 1.165) is 5.56 Å². The third-order valence-electron chi connectivity index (χ3n) is 3.75. The third-order valence-corrected chi connectivity index (χ3v) is 3.75. The van der Waals surface area contributed by atoms with Gasteiger partial charge in [-0.1, -0.05) is 12.1 Å². The lowest BCUT2D eigenvalue weighted by molar-refractivity contribution is -0.0504. The highest BCUT2D eigenvalue weighted by Crippen LogP contribution is 2.25. The van der Waals surface area contributed by atoms with Gasteiger partial charge in [-0.05, 0) is 42.3 Å². The molecule has 0 aromatic heterocycles. The summed E-state index contributed by atoms with van der Waals surface area (Å²) in [6.45, 7) is -2.18. The molecule has 2 aromatic rings. The molecule has 0 unspecified atom stereocenters. The largest absolute Gasteiger partial charge is 0.497 e. The smallest absolute Gasteiger partial charge is 0.387 e. The molecule has 0 heterocycles. The summed E-state index contributed by atoms with van der Waals surface area (Å²) < 4.78 is 48.0. The predicted octanol–water partition coefficient (Wildman–Crippen LogP) is 3.34. The molecule has 2 rings (SSSR count). The summed E-state index contributed by atoms with van der Waals surface area (Å²) in [5, 5.41) is 6.13. The van der Waals surface area contributed by atoms with E-state index >= 15 is 0 Å². The molecule has 0 atom stereocenters.